The van der Waals surface area contributed by atoms with Gasteiger partial charge in [-0.1, -0.05) is 36.4 Å². The van der Waals surface area contributed by atoms with Crippen molar-refractivity contribution in [3.8, 4) is 0 Å². The van der Waals surface area contributed by atoms with E-state index in [9.17, 15) is 4.79 Å². The van der Waals surface area contributed by atoms with Crippen molar-refractivity contribution in [1.82, 2.24) is 4.90 Å². The van der Waals surface area contributed by atoms with Gasteiger partial charge in [-0.25, -0.2) is 4.79 Å². The normalized spacial score (nSPS) is 13.9. The van der Waals surface area contributed by atoms with Crippen LogP contribution in [0.2, 0.25) is 0 Å². The molecule has 24 heavy (non-hydrogen) atoms. The highest BCUT2D eigenvalue weighted by Crippen LogP contribution is 2.18. The van der Waals surface area contributed by atoms with E-state index >= 15 is 0 Å². The van der Waals surface area contributed by atoms with E-state index in [0.717, 1.165) is 5.56 Å². The average Bonchev–Trinajstić information content (AvgIpc) is 2.53. The molecule has 1 aromatic carbocycles. The van der Waals surface area contributed by atoms with Gasteiger partial charge in [0.15, 0.2) is 0 Å². The molecule has 5 nitrogen and oxygen atoms in total. The third-order valence-corrected chi connectivity index (χ3v) is 3.46. The van der Waals surface area contributed by atoms with Gasteiger partial charge in [0.25, 0.3) is 0 Å². The smallest absolute Gasteiger partial charge is 0.410 e. The number of carbonyl (C=O) groups excluding carboxylic acids is 1. The molecule has 0 saturated carbocycles. The quantitative estimate of drug-likeness (QED) is 0.537. The fourth-order valence-electron chi connectivity index (χ4n) is 2.28. The van der Waals surface area contributed by atoms with E-state index < -0.39 is 11.7 Å². The van der Waals surface area contributed by atoms with Crippen molar-refractivity contribution >= 4 is 6.09 Å². The second-order valence-corrected chi connectivity index (χ2v) is 6.62. The van der Waals surface area contributed by atoms with Gasteiger partial charge in [-0.05, 0) is 32.8 Å². The Labute approximate surface area is 145 Å². The highest BCUT2D eigenvalue weighted by Gasteiger charge is 2.30. The first-order valence-corrected chi connectivity index (χ1v) is 8.01. The molecule has 0 radical (unpaired) electrons. The average molecular weight is 335 g/mol. The van der Waals surface area contributed by atoms with Crippen molar-refractivity contribution < 1.29 is 19.0 Å². The highest BCUT2D eigenvalue weighted by atomic mass is 16.7. The summed E-state index contributed by atoms with van der Waals surface area (Å²) >= 11 is 0. The summed E-state index contributed by atoms with van der Waals surface area (Å²) in [5.41, 5.74) is 0.547. The summed E-state index contributed by atoms with van der Waals surface area (Å²) in [6, 6.07) is 9.69. The lowest BCUT2D eigenvalue weighted by Gasteiger charge is -2.34. The Balaban J connectivity index is 2.97. The number of hydrogen-bond acceptors (Lipinski definition) is 4. The van der Waals surface area contributed by atoms with E-state index in [-0.39, 0.29) is 18.9 Å². The molecule has 0 heterocycles. The second kappa shape index (κ2) is 9.45. The minimum Gasteiger partial charge on any atom is -0.444 e. The van der Waals surface area contributed by atoms with Crippen LogP contribution in [0.15, 0.2) is 43.0 Å². The van der Waals surface area contributed by atoms with E-state index in [1.54, 1.807) is 25.1 Å². The van der Waals surface area contributed by atoms with Gasteiger partial charge in [0.2, 0.25) is 0 Å². The number of methoxy groups -OCH3 is 1. The molecule has 0 spiro atoms. The van der Waals surface area contributed by atoms with Gasteiger partial charge >= 0.3 is 6.09 Å². The SMILES string of the molecule is C=C[C@@H](OCOC)[C@H](Cc1ccccc1)N(C)C(=O)OC(C)(C)C. The Morgan fingerprint density at radius 2 is 1.92 bits per heavy atom. The van der Waals surface area contributed by atoms with Crippen molar-refractivity contribution in [2.24, 2.45) is 0 Å². The molecule has 0 aromatic heterocycles. The number of rotatable bonds is 8. The molecule has 0 saturated heterocycles. The molecule has 0 bridgehead atoms. The van der Waals surface area contributed by atoms with Crippen LogP contribution in [-0.2, 0) is 20.6 Å². The molecule has 134 valence electrons. The Hall–Kier alpha value is -1.85. The summed E-state index contributed by atoms with van der Waals surface area (Å²) in [4.78, 5) is 14.0. The van der Waals surface area contributed by atoms with Crippen LogP contribution in [0.3, 0.4) is 0 Å². The van der Waals surface area contributed by atoms with Crippen LogP contribution in [0, 0.1) is 0 Å². The minimum atomic E-state index is -0.556. The Kier molecular flexibility index (Phi) is 7.95. The summed E-state index contributed by atoms with van der Waals surface area (Å²) in [6.07, 6.45) is 1.55. The number of carbonyl (C=O) groups is 1. The van der Waals surface area contributed by atoms with Crippen molar-refractivity contribution in [3.05, 3.63) is 48.6 Å². The number of amides is 1. The molecular formula is C19H29NO4. The molecule has 0 aliphatic heterocycles. The van der Waals surface area contributed by atoms with Crippen molar-refractivity contribution in [3.63, 3.8) is 0 Å². The zero-order valence-corrected chi connectivity index (χ0v) is 15.3. The summed E-state index contributed by atoms with van der Waals surface area (Å²) < 4.78 is 16.2. The van der Waals surface area contributed by atoms with E-state index in [1.807, 2.05) is 51.1 Å². The monoisotopic (exact) mass is 335 g/mol. The van der Waals surface area contributed by atoms with E-state index in [0.29, 0.717) is 6.42 Å². The van der Waals surface area contributed by atoms with E-state index in [2.05, 4.69) is 6.58 Å². The van der Waals surface area contributed by atoms with Crippen LogP contribution < -0.4 is 0 Å². The van der Waals surface area contributed by atoms with Crippen LogP contribution in [0.4, 0.5) is 4.79 Å². The topological polar surface area (TPSA) is 48.0 Å². The fourth-order valence-corrected chi connectivity index (χ4v) is 2.28. The molecule has 1 aromatic rings. The summed E-state index contributed by atoms with van der Waals surface area (Å²) in [5.74, 6) is 0. The predicted octanol–water partition coefficient (Wildman–Crippen LogP) is 3.64. The lowest BCUT2D eigenvalue weighted by Crippen LogP contribution is -2.48. The number of ether oxygens (including phenoxy) is 3. The largest absolute Gasteiger partial charge is 0.444 e. The molecule has 0 fully saturated rings. The molecule has 0 unspecified atom stereocenters. The first-order chi connectivity index (χ1) is 11.3. The predicted molar refractivity (Wildman–Crippen MR) is 94.9 cm³/mol. The van der Waals surface area contributed by atoms with Gasteiger partial charge in [-0.2, -0.15) is 0 Å². The lowest BCUT2D eigenvalue weighted by molar-refractivity contribution is -0.0800. The van der Waals surface area contributed by atoms with Gasteiger partial charge in [0.05, 0.1) is 12.1 Å². The number of benzene rings is 1. The lowest BCUT2D eigenvalue weighted by atomic mass is 10.00. The van der Waals surface area contributed by atoms with Crippen molar-refractivity contribution in [1.29, 1.82) is 0 Å². The van der Waals surface area contributed by atoms with Crippen LogP contribution >= 0.6 is 0 Å². The maximum absolute atomic E-state index is 12.5. The summed E-state index contributed by atoms with van der Waals surface area (Å²) in [7, 11) is 3.28. The zero-order chi connectivity index (χ0) is 18.2. The maximum Gasteiger partial charge on any atom is 0.410 e. The van der Waals surface area contributed by atoms with E-state index in [4.69, 9.17) is 14.2 Å². The summed E-state index contributed by atoms with van der Waals surface area (Å²) in [6.45, 7) is 9.50. The Bertz CT molecular complexity index is 510. The van der Waals surface area contributed by atoms with Crippen LogP contribution in [0.25, 0.3) is 0 Å². The zero-order valence-electron chi connectivity index (χ0n) is 15.3. The summed E-state index contributed by atoms with van der Waals surface area (Å²) in [5, 5.41) is 0. The van der Waals surface area contributed by atoms with Crippen molar-refractivity contribution in [2.45, 2.75) is 44.9 Å². The standard InChI is InChI=1S/C19H29NO4/c1-7-17(23-14-22-6)16(13-15-11-9-8-10-12-15)20(5)18(21)24-19(2,3)4/h7-12,16-17H,1,13-14H2,2-6H3/t16-,17+/m0/s1. The van der Waals surface area contributed by atoms with Crippen LogP contribution in [0.5, 0.6) is 0 Å². The minimum absolute atomic E-state index is 0.129. The third-order valence-electron chi connectivity index (χ3n) is 3.46. The van der Waals surface area contributed by atoms with Gasteiger partial charge in [-0.15, -0.1) is 6.58 Å². The third kappa shape index (κ3) is 6.72. The van der Waals surface area contributed by atoms with Crippen molar-refractivity contribution in [2.75, 3.05) is 21.0 Å². The number of nitrogens with zero attached hydrogens (tertiary/aromatic N) is 1. The fraction of sp³-hybridized carbons (Fsp3) is 0.526. The Morgan fingerprint density at radius 3 is 2.42 bits per heavy atom. The van der Waals surface area contributed by atoms with Gasteiger partial charge in [0.1, 0.15) is 12.4 Å². The number of likely N-dealkylation sites (N-methyl/N-ethyl adjacent to an activating group) is 1. The molecule has 5 heteroatoms. The van der Waals surface area contributed by atoms with Gasteiger partial charge in [-0.3, -0.25) is 0 Å². The van der Waals surface area contributed by atoms with Gasteiger partial charge < -0.3 is 19.1 Å². The van der Waals surface area contributed by atoms with Crippen LogP contribution in [0.1, 0.15) is 26.3 Å². The Morgan fingerprint density at radius 1 is 1.29 bits per heavy atom. The molecule has 1 amide bonds. The highest BCUT2D eigenvalue weighted by molar-refractivity contribution is 5.68. The molecule has 0 aliphatic carbocycles. The first-order valence-electron chi connectivity index (χ1n) is 8.01. The first kappa shape index (κ1) is 20.2. The molecular weight excluding hydrogens is 306 g/mol. The molecule has 0 aliphatic rings. The second-order valence-electron chi connectivity index (χ2n) is 6.62. The molecule has 0 N–H and O–H groups in total. The molecule has 1 rings (SSSR count). The maximum atomic E-state index is 12.5. The van der Waals surface area contributed by atoms with Crippen LogP contribution in [-0.4, -0.2) is 49.7 Å². The van der Waals surface area contributed by atoms with E-state index in [1.165, 1.54) is 0 Å². The van der Waals surface area contributed by atoms with Gasteiger partial charge in [0, 0.05) is 14.2 Å². The number of hydrogen-bond donors (Lipinski definition) is 0. The molecule has 2 atom stereocenters.